The fourth-order valence-corrected chi connectivity index (χ4v) is 1.23. The van der Waals surface area contributed by atoms with Crippen LogP contribution in [0.2, 0.25) is 5.02 Å². The van der Waals surface area contributed by atoms with Crippen LogP contribution in [0.4, 0.5) is 5.69 Å². The summed E-state index contributed by atoms with van der Waals surface area (Å²) in [6, 6.07) is 0. The van der Waals surface area contributed by atoms with Gasteiger partial charge in [0, 0.05) is 19.1 Å². The Balaban J connectivity index is 3.08. The quantitative estimate of drug-likeness (QED) is 0.797. The van der Waals surface area contributed by atoms with E-state index in [9.17, 15) is 4.79 Å². The summed E-state index contributed by atoms with van der Waals surface area (Å²) in [5.74, 6) is 0. The van der Waals surface area contributed by atoms with Crippen molar-refractivity contribution in [2.75, 3.05) is 11.9 Å². The summed E-state index contributed by atoms with van der Waals surface area (Å²) in [6.07, 6.45) is 1.52. The highest BCUT2D eigenvalue weighted by Crippen LogP contribution is 2.19. The van der Waals surface area contributed by atoms with Crippen molar-refractivity contribution in [2.24, 2.45) is 12.8 Å². The summed E-state index contributed by atoms with van der Waals surface area (Å²) in [5.41, 5.74) is 5.43. The van der Waals surface area contributed by atoms with Crippen LogP contribution in [-0.2, 0) is 7.05 Å². The summed E-state index contributed by atoms with van der Waals surface area (Å²) < 4.78 is 1.18. The molecule has 0 saturated carbocycles. The van der Waals surface area contributed by atoms with E-state index < -0.39 is 0 Å². The molecule has 1 rings (SSSR count). The minimum absolute atomic E-state index is 0.133. The van der Waals surface area contributed by atoms with Crippen molar-refractivity contribution in [2.45, 2.75) is 19.4 Å². The van der Waals surface area contributed by atoms with Gasteiger partial charge in [0.2, 0.25) is 0 Å². The zero-order valence-electron chi connectivity index (χ0n) is 9.04. The van der Waals surface area contributed by atoms with Gasteiger partial charge in [0.1, 0.15) is 5.02 Å². The molecule has 0 amide bonds. The van der Waals surface area contributed by atoms with Crippen molar-refractivity contribution >= 4 is 17.3 Å². The molecule has 15 heavy (non-hydrogen) atoms. The Morgan fingerprint density at radius 2 is 2.27 bits per heavy atom. The number of nitrogens with two attached hydrogens (primary N) is 1. The Hall–Kier alpha value is -1.07. The first-order valence-electron chi connectivity index (χ1n) is 4.57. The highest BCUT2D eigenvalue weighted by Gasteiger charge is 2.17. The van der Waals surface area contributed by atoms with Crippen molar-refractivity contribution in [3.8, 4) is 0 Å². The first-order valence-corrected chi connectivity index (χ1v) is 4.95. The summed E-state index contributed by atoms with van der Waals surface area (Å²) >= 11 is 5.88. The predicted octanol–water partition coefficient (Wildman–Crippen LogP) is 0.583. The Bertz CT molecular complexity index is 413. The van der Waals surface area contributed by atoms with Crippen LogP contribution in [-0.4, -0.2) is 21.9 Å². The van der Waals surface area contributed by atoms with Crippen LogP contribution in [0.1, 0.15) is 13.8 Å². The fraction of sp³-hybridized carbons (Fsp3) is 0.556. The van der Waals surface area contributed by atoms with Crippen LogP contribution in [0.5, 0.6) is 0 Å². The molecule has 0 bridgehead atoms. The molecule has 6 heteroatoms. The molecule has 0 aromatic carbocycles. The number of aromatic nitrogens is 2. The topological polar surface area (TPSA) is 72.9 Å². The molecule has 0 aliphatic rings. The smallest absolute Gasteiger partial charge is 0.287 e. The fourth-order valence-electron chi connectivity index (χ4n) is 1.01. The van der Waals surface area contributed by atoms with Crippen LogP contribution < -0.4 is 16.6 Å². The molecule has 0 unspecified atom stereocenters. The minimum Gasteiger partial charge on any atom is -0.376 e. The molecule has 0 aliphatic heterocycles. The molecule has 0 spiro atoms. The number of nitrogens with one attached hydrogen (secondary N) is 1. The Morgan fingerprint density at radius 3 is 2.80 bits per heavy atom. The number of halogens is 1. The summed E-state index contributed by atoms with van der Waals surface area (Å²) in [6.45, 7) is 4.26. The lowest BCUT2D eigenvalue weighted by atomic mass is 10.1. The van der Waals surface area contributed by atoms with Gasteiger partial charge in [-0.3, -0.25) is 4.79 Å². The monoisotopic (exact) mass is 230 g/mol. The van der Waals surface area contributed by atoms with Crippen molar-refractivity contribution in [3.63, 3.8) is 0 Å². The molecule has 0 atom stereocenters. The van der Waals surface area contributed by atoms with E-state index >= 15 is 0 Å². The molecule has 84 valence electrons. The van der Waals surface area contributed by atoms with Crippen LogP contribution in [0.3, 0.4) is 0 Å². The van der Waals surface area contributed by atoms with Gasteiger partial charge in [-0.1, -0.05) is 11.6 Å². The third kappa shape index (κ3) is 2.70. The summed E-state index contributed by atoms with van der Waals surface area (Å²) in [7, 11) is 1.55. The van der Waals surface area contributed by atoms with E-state index in [0.29, 0.717) is 12.2 Å². The summed E-state index contributed by atoms with van der Waals surface area (Å²) in [4.78, 5) is 11.5. The average molecular weight is 231 g/mol. The predicted molar refractivity (Wildman–Crippen MR) is 61.2 cm³/mol. The van der Waals surface area contributed by atoms with E-state index in [0.717, 1.165) is 0 Å². The third-order valence-corrected chi connectivity index (χ3v) is 2.43. The molecule has 0 fully saturated rings. The highest BCUT2D eigenvalue weighted by atomic mass is 35.5. The van der Waals surface area contributed by atoms with Gasteiger partial charge in [0.25, 0.3) is 5.56 Å². The second-order valence-electron chi connectivity index (χ2n) is 4.01. The van der Waals surface area contributed by atoms with Crippen molar-refractivity contribution in [1.82, 2.24) is 9.78 Å². The molecule has 5 nitrogen and oxygen atoms in total. The van der Waals surface area contributed by atoms with Crippen molar-refractivity contribution in [1.29, 1.82) is 0 Å². The first-order chi connectivity index (χ1) is 6.87. The van der Waals surface area contributed by atoms with E-state index in [4.69, 9.17) is 17.3 Å². The van der Waals surface area contributed by atoms with E-state index in [2.05, 4.69) is 10.4 Å². The number of nitrogens with zero attached hydrogens (tertiary/aromatic N) is 2. The lowest BCUT2D eigenvalue weighted by Gasteiger charge is -2.25. The van der Waals surface area contributed by atoms with Crippen LogP contribution in [0, 0.1) is 0 Å². The van der Waals surface area contributed by atoms with Gasteiger partial charge < -0.3 is 11.1 Å². The molecule has 1 heterocycles. The second-order valence-corrected chi connectivity index (χ2v) is 4.39. The average Bonchev–Trinajstić information content (AvgIpc) is 2.19. The normalized spacial score (nSPS) is 11.5. The van der Waals surface area contributed by atoms with Crippen LogP contribution >= 0.6 is 11.6 Å². The molecule has 3 N–H and O–H groups in total. The second kappa shape index (κ2) is 4.20. The van der Waals surface area contributed by atoms with Gasteiger partial charge in [0.05, 0.1) is 11.9 Å². The molecule has 0 saturated heterocycles. The van der Waals surface area contributed by atoms with Gasteiger partial charge in [-0.15, -0.1) is 0 Å². The largest absolute Gasteiger partial charge is 0.376 e. The number of hydrogen-bond acceptors (Lipinski definition) is 4. The zero-order chi connectivity index (χ0) is 11.6. The van der Waals surface area contributed by atoms with Crippen molar-refractivity contribution in [3.05, 3.63) is 21.6 Å². The van der Waals surface area contributed by atoms with E-state index in [1.54, 1.807) is 7.05 Å². The van der Waals surface area contributed by atoms with Gasteiger partial charge in [-0.2, -0.15) is 5.10 Å². The molecule has 0 radical (unpaired) electrons. The first kappa shape index (κ1) is 12.0. The summed E-state index contributed by atoms with van der Waals surface area (Å²) in [5, 5.41) is 7.08. The Morgan fingerprint density at radius 1 is 1.67 bits per heavy atom. The van der Waals surface area contributed by atoms with E-state index in [-0.39, 0.29) is 16.1 Å². The van der Waals surface area contributed by atoms with Gasteiger partial charge in [-0.25, -0.2) is 4.68 Å². The Kier molecular flexibility index (Phi) is 3.36. The highest BCUT2D eigenvalue weighted by molar-refractivity contribution is 6.32. The van der Waals surface area contributed by atoms with Gasteiger partial charge >= 0.3 is 0 Å². The van der Waals surface area contributed by atoms with Crippen molar-refractivity contribution < 1.29 is 0 Å². The van der Waals surface area contributed by atoms with Crippen LogP contribution in [0.15, 0.2) is 11.0 Å². The number of rotatable bonds is 3. The molecular weight excluding hydrogens is 216 g/mol. The minimum atomic E-state index is -0.325. The zero-order valence-corrected chi connectivity index (χ0v) is 9.80. The standard InChI is InChI=1S/C9H15ClN4O/c1-9(2,5-11)13-6-4-12-14(3)8(15)7(6)10/h4,13H,5,11H2,1-3H3. The Labute approximate surface area is 93.2 Å². The SMILES string of the molecule is Cn1ncc(NC(C)(C)CN)c(Cl)c1=O. The van der Waals surface area contributed by atoms with Crippen LogP contribution in [0.25, 0.3) is 0 Å². The maximum Gasteiger partial charge on any atom is 0.287 e. The number of hydrogen-bond donors (Lipinski definition) is 2. The van der Waals surface area contributed by atoms with Gasteiger partial charge in [0.15, 0.2) is 0 Å². The molecule has 0 aliphatic carbocycles. The molecular formula is C9H15ClN4O. The third-order valence-electron chi connectivity index (χ3n) is 2.06. The molecule has 1 aromatic heterocycles. The molecule has 1 aromatic rings. The van der Waals surface area contributed by atoms with E-state index in [1.807, 2.05) is 13.8 Å². The van der Waals surface area contributed by atoms with Gasteiger partial charge in [-0.05, 0) is 13.8 Å². The maximum absolute atomic E-state index is 11.5. The lowest BCUT2D eigenvalue weighted by molar-refractivity contribution is 0.578. The number of anilines is 1. The van der Waals surface area contributed by atoms with E-state index in [1.165, 1.54) is 10.9 Å². The maximum atomic E-state index is 11.5. The number of aryl methyl sites for hydroxylation is 1. The lowest BCUT2D eigenvalue weighted by Crippen LogP contribution is -2.40.